The maximum absolute atomic E-state index is 13.3. The van der Waals surface area contributed by atoms with E-state index >= 15 is 0 Å². The highest BCUT2D eigenvalue weighted by atomic mass is 16.5. The molecule has 2 saturated heterocycles. The Morgan fingerprint density at radius 2 is 1.62 bits per heavy atom. The first-order valence-corrected chi connectivity index (χ1v) is 10.5. The van der Waals surface area contributed by atoms with Gasteiger partial charge in [0.1, 0.15) is 6.04 Å². The number of hydrogen-bond acceptors (Lipinski definition) is 7. The average molecular weight is 405 g/mol. The summed E-state index contributed by atoms with van der Waals surface area (Å²) in [7, 11) is 1.26. The maximum Gasteiger partial charge on any atom is 0.335 e. The van der Waals surface area contributed by atoms with Gasteiger partial charge in [0, 0.05) is 13.0 Å². The molecule has 4 bridgehead atoms. The Hall–Kier alpha value is -2.00. The number of methoxy groups -OCH3 is 1. The monoisotopic (exact) mass is 405 g/mol. The van der Waals surface area contributed by atoms with Crippen LogP contribution in [0.4, 0.5) is 4.79 Å². The Morgan fingerprint density at radius 1 is 1.03 bits per heavy atom. The van der Waals surface area contributed by atoms with E-state index in [0.717, 1.165) is 24.2 Å². The van der Waals surface area contributed by atoms with Crippen molar-refractivity contribution in [1.29, 1.82) is 0 Å². The molecule has 6 aliphatic rings. The van der Waals surface area contributed by atoms with Crippen LogP contribution >= 0.6 is 0 Å². The SMILES string of the molecule is COC(=O)[C@@H]1C[C@@H](O)CN1CN1C(=O)C(=O)N(C23CC4CC(CC(C4)C2)C3)C1=O. The maximum atomic E-state index is 13.3. The molecule has 4 amide bonds. The topological polar surface area (TPSA) is 107 Å². The molecule has 9 nitrogen and oxygen atoms in total. The van der Waals surface area contributed by atoms with Crippen molar-refractivity contribution in [3.8, 4) is 0 Å². The number of amides is 4. The molecule has 0 aromatic rings. The molecule has 6 fully saturated rings. The van der Waals surface area contributed by atoms with Crippen LogP contribution in [0.3, 0.4) is 0 Å². The molecule has 158 valence electrons. The number of β-amino-alcohol motifs (C(OH)–C–C–N with tert-alkyl or cyclic N) is 1. The Labute approximate surface area is 168 Å². The third-order valence-corrected chi connectivity index (χ3v) is 7.71. The van der Waals surface area contributed by atoms with Crippen LogP contribution in [0, 0.1) is 17.8 Å². The zero-order valence-electron chi connectivity index (χ0n) is 16.6. The van der Waals surface area contributed by atoms with Gasteiger partial charge in [-0.25, -0.2) is 14.6 Å². The van der Waals surface area contributed by atoms with E-state index in [1.54, 1.807) is 4.90 Å². The molecule has 0 aromatic carbocycles. The van der Waals surface area contributed by atoms with Crippen molar-refractivity contribution < 1.29 is 29.0 Å². The van der Waals surface area contributed by atoms with E-state index in [-0.39, 0.29) is 19.6 Å². The van der Waals surface area contributed by atoms with Crippen LogP contribution in [0.2, 0.25) is 0 Å². The molecular formula is C20H27N3O6. The summed E-state index contributed by atoms with van der Waals surface area (Å²) in [6.45, 7) is -0.0501. The predicted octanol–water partition coefficient (Wildman–Crippen LogP) is 0.312. The molecule has 4 saturated carbocycles. The van der Waals surface area contributed by atoms with Crippen LogP contribution in [-0.2, 0) is 19.1 Å². The lowest BCUT2D eigenvalue weighted by Gasteiger charge is -2.58. The van der Waals surface area contributed by atoms with Gasteiger partial charge in [-0.2, -0.15) is 0 Å². The van der Waals surface area contributed by atoms with E-state index in [9.17, 15) is 24.3 Å². The molecular weight excluding hydrogens is 378 g/mol. The summed E-state index contributed by atoms with van der Waals surface area (Å²) in [6.07, 6.45) is 5.32. The highest BCUT2D eigenvalue weighted by Crippen LogP contribution is 2.58. The summed E-state index contributed by atoms with van der Waals surface area (Å²) >= 11 is 0. The molecule has 0 aromatic heterocycles. The largest absolute Gasteiger partial charge is 0.468 e. The summed E-state index contributed by atoms with van der Waals surface area (Å²) < 4.78 is 4.78. The second kappa shape index (κ2) is 6.50. The van der Waals surface area contributed by atoms with E-state index in [1.807, 2.05) is 0 Å². The smallest absolute Gasteiger partial charge is 0.335 e. The van der Waals surface area contributed by atoms with Crippen LogP contribution in [0.5, 0.6) is 0 Å². The Balaban J connectivity index is 1.38. The van der Waals surface area contributed by atoms with Gasteiger partial charge in [-0.05, 0) is 56.3 Å². The lowest BCUT2D eigenvalue weighted by atomic mass is 9.52. The summed E-state index contributed by atoms with van der Waals surface area (Å²) in [5.74, 6) is -0.512. The van der Waals surface area contributed by atoms with Crippen LogP contribution in [0.15, 0.2) is 0 Å². The van der Waals surface area contributed by atoms with Crippen LogP contribution in [0.25, 0.3) is 0 Å². The van der Waals surface area contributed by atoms with E-state index in [4.69, 9.17) is 4.74 Å². The molecule has 29 heavy (non-hydrogen) atoms. The fourth-order valence-electron chi connectivity index (χ4n) is 6.99. The highest BCUT2D eigenvalue weighted by Gasteiger charge is 2.61. The molecule has 0 spiro atoms. The number of hydrogen-bond donors (Lipinski definition) is 1. The van der Waals surface area contributed by atoms with E-state index in [2.05, 4.69) is 0 Å². The molecule has 0 unspecified atom stereocenters. The van der Waals surface area contributed by atoms with Crippen molar-refractivity contribution in [3.63, 3.8) is 0 Å². The number of nitrogens with zero attached hydrogens (tertiary/aromatic N) is 3. The molecule has 4 aliphatic carbocycles. The van der Waals surface area contributed by atoms with Crippen LogP contribution in [-0.4, -0.2) is 81.6 Å². The van der Waals surface area contributed by atoms with Gasteiger partial charge < -0.3 is 9.84 Å². The lowest BCUT2D eigenvalue weighted by molar-refractivity contribution is -0.151. The number of carbonyl (C=O) groups excluding carboxylic acids is 4. The number of esters is 1. The number of aliphatic hydroxyl groups excluding tert-OH is 1. The first-order chi connectivity index (χ1) is 13.8. The molecule has 2 atom stereocenters. The van der Waals surface area contributed by atoms with Crippen molar-refractivity contribution in [2.75, 3.05) is 20.3 Å². The third kappa shape index (κ3) is 2.81. The van der Waals surface area contributed by atoms with Gasteiger partial charge in [-0.3, -0.25) is 19.3 Å². The Kier molecular flexibility index (Phi) is 4.26. The Morgan fingerprint density at radius 3 is 2.17 bits per heavy atom. The Bertz CT molecular complexity index is 747. The minimum absolute atomic E-state index is 0.141. The van der Waals surface area contributed by atoms with Crippen molar-refractivity contribution in [3.05, 3.63) is 0 Å². The van der Waals surface area contributed by atoms with Gasteiger partial charge in [-0.15, -0.1) is 0 Å². The van der Waals surface area contributed by atoms with Gasteiger partial charge in [-0.1, -0.05) is 0 Å². The minimum atomic E-state index is -0.837. The van der Waals surface area contributed by atoms with E-state index in [1.165, 1.54) is 31.3 Å². The van der Waals surface area contributed by atoms with Crippen molar-refractivity contribution in [1.82, 2.24) is 14.7 Å². The number of aliphatic hydroxyl groups is 1. The molecule has 2 heterocycles. The molecule has 6 rings (SSSR count). The lowest BCUT2D eigenvalue weighted by Crippen LogP contribution is -2.62. The average Bonchev–Trinajstić information content (AvgIpc) is 3.13. The number of likely N-dealkylation sites (tertiary alicyclic amines) is 1. The summed E-state index contributed by atoms with van der Waals surface area (Å²) in [5, 5.41) is 9.96. The third-order valence-electron chi connectivity index (χ3n) is 7.71. The number of ether oxygens (including phenoxy) is 1. The normalized spacial score (nSPS) is 41.7. The molecule has 1 N–H and O–H groups in total. The fourth-order valence-corrected chi connectivity index (χ4v) is 6.99. The molecule has 9 heteroatoms. The van der Waals surface area contributed by atoms with Gasteiger partial charge in [0.05, 0.1) is 25.4 Å². The van der Waals surface area contributed by atoms with E-state index in [0.29, 0.717) is 17.8 Å². The number of urea groups is 1. The second-order valence-corrected chi connectivity index (χ2v) is 9.64. The van der Waals surface area contributed by atoms with Gasteiger partial charge in [0.2, 0.25) is 0 Å². The molecule has 0 radical (unpaired) electrons. The standard InChI is InChI=1S/C20H27N3O6/c1-29-18(27)15-5-14(24)9-21(15)10-22-16(25)17(26)23(19(22)28)20-6-11-2-12(7-20)4-13(3-11)8-20/h11-15,24H,2-10H2,1H3/t11?,12?,13?,14-,15+,20?/m1/s1. The second-order valence-electron chi connectivity index (χ2n) is 9.64. The van der Waals surface area contributed by atoms with Crippen molar-refractivity contribution >= 4 is 23.8 Å². The number of imide groups is 2. The zero-order chi connectivity index (χ0) is 20.5. The molecule has 2 aliphatic heterocycles. The minimum Gasteiger partial charge on any atom is -0.468 e. The summed E-state index contributed by atoms with van der Waals surface area (Å²) in [6, 6.07) is -1.31. The summed E-state index contributed by atoms with van der Waals surface area (Å²) in [4.78, 5) is 54.7. The first-order valence-electron chi connectivity index (χ1n) is 10.5. The van der Waals surface area contributed by atoms with Crippen molar-refractivity contribution in [2.24, 2.45) is 17.8 Å². The fraction of sp³-hybridized carbons (Fsp3) is 0.800. The quantitative estimate of drug-likeness (QED) is 0.407. The zero-order valence-corrected chi connectivity index (χ0v) is 16.6. The van der Waals surface area contributed by atoms with Crippen LogP contribution in [0.1, 0.15) is 44.9 Å². The van der Waals surface area contributed by atoms with Gasteiger partial charge in [0.25, 0.3) is 0 Å². The first kappa shape index (κ1) is 19.0. The van der Waals surface area contributed by atoms with Crippen molar-refractivity contribution in [2.45, 2.75) is 62.6 Å². The van der Waals surface area contributed by atoms with Gasteiger partial charge >= 0.3 is 23.8 Å². The number of rotatable bonds is 4. The predicted molar refractivity (Wildman–Crippen MR) is 98.0 cm³/mol. The van der Waals surface area contributed by atoms with Gasteiger partial charge in [0.15, 0.2) is 0 Å². The number of carbonyl (C=O) groups is 4. The highest BCUT2D eigenvalue weighted by molar-refractivity contribution is 6.44. The van der Waals surface area contributed by atoms with Crippen LogP contribution < -0.4 is 0 Å². The van der Waals surface area contributed by atoms with E-state index < -0.39 is 41.5 Å². The summed E-state index contributed by atoms with van der Waals surface area (Å²) in [5.41, 5.74) is -0.528.